The SMILES string of the molecule is O=C1CC2(CCS(=O)(=O)C2)C(Cc2ccccc2)N1. The maximum Gasteiger partial charge on any atom is 0.220 e. The third-order valence-electron chi connectivity index (χ3n) is 4.29. The lowest BCUT2D eigenvalue weighted by Crippen LogP contribution is -2.39. The molecule has 0 aliphatic carbocycles. The molecule has 5 heteroatoms. The predicted molar refractivity (Wildman–Crippen MR) is 72.4 cm³/mol. The molecule has 1 spiro atoms. The summed E-state index contributed by atoms with van der Waals surface area (Å²) >= 11 is 0. The van der Waals surface area contributed by atoms with Gasteiger partial charge in [-0.3, -0.25) is 4.79 Å². The number of hydrogen-bond donors (Lipinski definition) is 1. The third kappa shape index (κ3) is 2.39. The Hall–Kier alpha value is -1.36. The van der Waals surface area contributed by atoms with E-state index < -0.39 is 9.84 Å². The Balaban J connectivity index is 1.86. The van der Waals surface area contributed by atoms with Crippen molar-refractivity contribution in [1.29, 1.82) is 0 Å². The maximum atomic E-state index is 11.8. The van der Waals surface area contributed by atoms with E-state index in [0.29, 0.717) is 19.3 Å². The van der Waals surface area contributed by atoms with Gasteiger partial charge in [-0.05, 0) is 18.4 Å². The summed E-state index contributed by atoms with van der Waals surface area (Å²) in [7, 11) is -2.98. The number of sulfone groups is 1. The van der Waals surface area contributed by atoms with E-state index in [9.17, 15) is 13.2 Å². The molecule has 2 aliphatic rings. The van der Waals surface area contributed by atoms with Crippen molar-refractivity contribution in [1.82, 2.24) is 5.32 Å². The van der Waals surface area contributed by atoms with Crippen molar-refractivity contribution in [3.8, 4) is 0 Å². The minimum Gasteiger partial charge on any atom is -0.352 e. The van der Waals surface area contributed by atoms with Crippen LogP contribution in [0.4, 0.5) is 0 Å². The highest BCUT2D eigenvalue weighted by Gasteiger charge is 2.53. The molecular weight excluding hydrogens is 262 g/mol. The van der Waals surface area contributed by atoms with Gasteiger partial charge in [0, 0.05) is 17.9 Å². The fourth-order valence-corrected chi connectivity index (χ4v) is 5.50. The molecule has 0 saturated carbocycles. The molecule has 19 heavy (non-hydrogen) atoms. The molecule has 102 valence electrons. The molecule has 0 radical (unpaired) electrons. The largest absolute Gasteiger partial charge is 0.352 e. The van der Waals surface area contributed by atoms with Crippen molar-refractivity contribution in [3.63, 3.8) is 0 Å². The molecule has 2 fully saturated rings. The summed E-state index contributed by atoms with van der Waals surface area (Å²) in [5.74, 6) is 0.349. The highest BCUT2D eigenvalue weighted by molar-refractivity contribution is 7.91. The molecule has 2 heterocycles. The first kappa shape index (κ1) is 12.7. The lowest BCUT2D eigenvalue weighted by atomic mass is 9.77. The molecule has 1 aromatic carbocycles. The molecule has 2 unspecified atom stereocenters. The fourth-order valence-electron chi connectivity index (χ4n) is 3.31. The number of amides is 1. The first-order valence-electron chi connectivity index (χ1n) is 6.53. The molecule has 3 rings (SSSR count). The molecule has 1 amide bonds. The first-order valence-corrected chi connectivity index (χ1v) is 8.35. The Bertz CT molecular complexity index is 596. The summed E-state index contributed by atoms with van der Waals surface area (Å²) in [6.07, 6.45) is 1.66. The van der Waals surface area contributed by atoms with Gasteiger partial charge in [0.15, 0.2) is 9.84 Å². The molecule has 4 nitrogen and oxygen atoms in total. The molecule has 2 atom stereocenters. The topological polar surface area (TPSA) is 63.2 Å². The van der Waals surface area contributed by atoms with Crippen molar-refractivity contribution >= 4 is 15.7 Å². The normalized spacial score (nSPS) is 32.6. The molecule has 2 saturated heterocycles. The van der Waals surface area contributed by atoms with Crippen LogP contribution < -0.4 is 5.32 Å². The summed E-state index contributed by atoms with van der Waals surface area (Å²) < 4.78 is 23.5. The molecule has 1 N–H and O–H groups in total. The summed E-state index contributed by atoms with van der Waals surface area (Å²) in [5, 5.41) is 2.97. The van der Waals surface area contributed by atoms with E-state index in [1.807, 2.05) is 30.3 Å². The van der Waals surface area contributed by atoms with Gasteiger partial charge in [0.2, 0.25) is 5.91 Å². The summed E-state index contributed by atoms with van der Waals surface area (Å²) in [6.45, 7) is 0. The van der Waals surface area contributed by atoms with Gasteiger partial charge in [0.05, 0.1) is 11.5 Å². The number of carbonyl (C=O) groups excluding carboxylic acids is 1. The van der Waals surface area contributed by atoms with Gasteiger partial charge in [-0.25, -0.2) is 8.42 Å². The van der Waals surface area contributed by atoms with Gasteiger partial charge in [0.25, 0.3) is 0 Å². The maximum absolute atomic E-state index is 11.8. The lowest BCUT2D eigenvalue weighted by Gasteiger charge is -2.28. The van der Waals surface area contributed by atoms with Crippen LogP contribution in [0.1, 0.15) is 18.4 Å². The van der Waals surface area contributed by atoms with Gasteiger partial charge in [-0.15, -0.1) is 0 Å². The highest BCUT2D eigenvalue weighted by atomic mass is 32.2. The second kappa shape index (κ2) is 4.34. The Morgan fingerprint density at radius 2 is 2.00 bits per heavy atom. The number of carbonyl (C=O) groups is 1. The van der Waals surface area contributed by atoms with E-state index in [0.717, 1.165) is 5.56 Å². The summed E-state index contributed by atoms with van der Waals surface area (Å²) in [5.41, 5.74) is 0.754. The quantitative estimate of drug-likeness (QED) is 0.875. The van der Waals surface area contributed by atoms with E-state index in [-0.39, 0.29) is 28.9 Å². The minimum absolute atomic E-state index is 0.0157. The van der Waals surface area contributed by atoms with Crippen LogP contribution in [0.15, 0.2) is 30.3 Å². The number of nitrogens with one attached hydrogen (secondary N) is 1. The van der Waals surface area contributed by atoms with Gasteiger partial charge in [-0.1, -0.05) is 30.3 Å². The smallest absolute Gasteiger partial charge is 0.220 e. The lowest BCUT2D eigenvalue weighted by molar-refractivity contribution is -0.119. The number of benzene rings is 1. The molecule has 2 aliphatic heterocycles. The van der Waals surface area contributed by atoms with Crippen molar-refractivity contribution in [2.75, 3.05) is 11.5 Å². The number of rotatable bonds is 2. The van der Waals surface area contributed by atoms with Crippen molar-refractivity contribution in [2.45, 2.75) is 25.3 Å². The highest BCUT2D eigenvalue weighted by Crippen LogP contribution is 2.43. The Morgan fingerprint density at radius 3 is 2.63 bits per heavy atom. The van der Waals surface area contributed by atoms with Crippen LogP contribution in [-0.4, -0.2) is 31.9 Å². The Kier molecular flexibility index (Phi) is 2.89. The van der Waals surface area contributed by atoms with E-state index in [2.05, 4.69) is 5.32 Å². The minimum atomic E-state index is -2.98. The zero-order valence-electron chi connectivity index (χ0n) is 10.6. The summed E-state index contributed by atoms with van der Waals surface area (Å²) in [4.78, 5) is 11.7. The van der Waals surface area contributed by atoms with Crippen molar-refractivity contribution < 1.29 is 13.2 Å². The van der Waals surface area contributed by atoms with Gasteiger partial charge in [-0.2, -0.15) is 0 Å². The standard InChI is InChI=1S/C14H17NO3S/c16-13-9-14(6-7-19(17,18)10-14)12(15-13)8-11-4-2-1-3-5-11/h1-5,12H,6-10H2,(H,15,16). The molecular formula is C14H17NO3S. The molecule has 0 bridgehead atoms. The van der Waals surface area contributed by atoms with E-state index >= 15 is 0 Å². The van der Waals surface area contributed by atoms with Crippen LogP contribution in [0.25, 0.3) is 0 Å². The average molecular weight is 279 g/mol. The van der Waals surface area contributed by atoms with Crippen molar-refractivity contribution in [2.24, 2.45) is 5.41 Å². The van der Waals surface area contributed by atoms with Crippen LogP contribution in [0.3, 0.4) is 0 Å². The van der Waals surface area contributed by atoms with Crippen LogP contribution in [0.2, 0.25) is 0 Å². The van der Waals surface area contributed by atoms with Gasteiger partial charge >= 0.3 is 0 Å². The van der Waals surface area contributed by atoms with E-state index in [4.69, 9.17) is 0 Å². The second-order valence-electron chi connectivity index (χ2n) is 5.69. The Morgan fingerprint density at radius 1 is 1.26 bits per heavy atom. The Labute approximate surface area is 113 Å². The van der Waals surface area contributed by atoms with Crippen LogP contribution >= 0.6 is 0 Å². The molecule has 0 aromatic heterocycles. The van der Waals surface area contributed by atoms with Crippen molar-refractivity contribution in [3.05, 3.63) is 35.9 Å². The van der Waals surface area contributed by atoms with Crippen LogP contribution in [-0.2, 0) is 21.1 Å². The fraction of sp³-hybridized carbons (Fsp3) is 0.500. The predicted octanol–water partition coefficient (Wildman–Crippen LogP) is 0.922. The molecule has 1 aromatic rings. The van der Waals surface area contributed by atoms with Crippen LogP contribution in [0, 0.1) is 5.41 Å². The zero-order valence-corrected chi connectivity index (χ0v) is 11.4. The van der Waals surface area contributed by atoms with Gasteiger partial charge < -0.3 is 5.32 Å². The number of hydrogen-bond acceptors (Lipinski definition) is 3. The van der Waals surface area contributed by atoms with Gasteiger partial charge in [0.1, 0.15) is 0 Å². The van der Waals surface area contributed by atoms with E-state index in [1.54, 1.807) is 0 Å². The summed E-state index contributed by atoms with van der Waals surface area (Å²) in [6, 6.07) is 9.85. The second-order valence-corrected chi connectivity index (χ2v) is 7.88. The monoisotopic (exact) mass is 279 g/mol. The van der Waals surface area contributed by atoms with E-state index in [1.165, 1.54) is 0 Å². The third-order valence-corrected chi connectivity index (χ3v) is 6.13. The zero-order chi connectivity index (χ0) is 13.5. The first-order chi connectivity index (χ1) is 8.99. The average Bonchev–Trinajstić information content (AvgIpc) is 2.81. The van der Waals surface area contributed by atoms with Crippen LogP contribution in [0.5, 0.6) is 0 Å².